The summed E-state index contributed by atoms with van der Waals surface area (Å²) < 4.78 is 5.71. The predicted octanol–water partition coefficient (Wildman–Crippen LogP) is 7.84. The lowest BCUT2D eigenvalue weighted by Crippen LogP contribution is -2.57. The van der Waals surface area contributed by atoms with Crippen LogP contribution in [0.2, 0.25) is 0 Å². The molecule has 9 rings (SSSR count). The van der Waals surface area contributed by atoms with Gasteiger partial charge in [-0.05, 0) is 115 Å². The third-order valence-electron chi connectivity index (χ3n) is 19.4. The van der Waals surface area contributed by atoms with E-state index in [-0.39, 0.29) is 95.3 Å². The number of thioether (sulfide) groups is 3. The number of fused-ring (bicyclic) bond motifs is 5. The third-order valence-corrected chi connectivity index (χ3v) is 23.4. The van der Waals surface area contributed by atoms with Crippen molar-refractivity contribution in [2.45, 2.75) is 217 Å². The van der Waals surface area contributed by atoms with E-state index in [1.807, 2.05) is 70.3 Å². The van der Waals surface area contributed by atoms with E-state index in [0.29, 0.717) is 85.5 Å². The lowest BCUT2D eigenvalue weighted by molar-refractivity contribution is -0.146. The molecule has 4 fully saturated rings. The van der Waals surface area contributed by atoms with Gasteiger partial charge in [-0.1, -0.05) is 65.3 Å². The first-order chi connectivity index (χ1) is 43.7. The lowest BCUT2D eigenvalue weighted by atomic mass is 9.80. The number of unbranched alkanes of at least 4 members (excludes halogenated alkanes) is 2. The van der Waals surface area contributed by atoms with Crippen LogP contribution in [0.15, 0.2) is 73.3 Å². The first kappa shape index (κ1) is 69.9. The Hall–Kier alpha value is -5.39. The maximum Gasteiger partial charge on any atom is 0.303 e. The van der Waals surface area contributed by atoms with Crippen LogP contribution in [0.4, 0.5) is 0 Å². The minimum atomic E-state index is -0.737. The van der Waals surface area contributed by atoms with E-state index in [1.165, 1.54) is 29.7 Å². The van der Waals surface area contributed by atoms with Crippen molar-refractivity contribution in [3.8, 4) is 0 Å². The van der Waals surface area contributed by atoms with Crippen LogP contribution in [0.3, 0.4) is 0 Å². The van der Waals surface area contributed by atoms with Crippen molar-refractivity contribution in [1.82, 2.24) is 40.9 Å². The molecule has 0 saturated carbocycles. The molecular formula is C68H101N11O9S3. The second kappa shape index (κ2) is 33.1. The fraction of sp³-hybridized carbons (Fsp3) is 0.706. The van der Waals surface area contributed by atoms with Crippen molar-refractivity contribution >= 4 is 94.2 Å². The number of allylic oxidation sites excluding steroid dienone is 5. The molecule has 5 N–H and O–H groups in total. The fourth-order valence-corrected chi connectivity index (χ4v) is 17.5. The highest BCUT2D eigenvalue weighted by Gasteiger charge is 2.40. The van der Waals surface area contributed by atoms with E-state index >= 15 is 0 Å². The maximum atomic E-state index is 14.2. The standard InChI is InChI=1S/C68H101N11O9S3/c1-9-48-20-27-76-28-22-50(70-66(76)69-48)39-90-59-25-32-78-30-23-51(72-68(78)75-59)40-91-58-24-31-77-29-21-49(71-67(77)74-58)38-89-57-37-60(83)79(65(57)87)26-14-18-52(81)17-11-10-12-19-53-54-34-41(2)33-44(5)61(84)45(6)35-46(7)63(88-47(8)80)42(3)15-13-16-43(4)64(86)73-55(62(54)85)36-56(53)82/h13,15-16,35-36,41-42,44-45,48-51,57-59,61,63,84H,9-12,14,17-34,37-40H2,1-8H3,(H,69,70)(H,71,74)(H,72,75)(H,73,86)/b15-13-,43-16+,46-35+/t41-,42-,44-,45-,48-,49+,50+,51+,57?,58?,59?,61-,63+/m0/s1. The molecule has 23 heteroatoms. The van der Waals surface area contributed by atoms with Gasteiger partial charge in [-0.3, -0.25) is 38.5 Å². The summed E-state index contributed by atoms with van der Waals surface area (Å²) in [6.07, 6.45) is 18.5. The molecule has 0 radical (unpaired) electrons. The number of amides is 3. The van der Waals surface area contributed by atoms with Gasteiger partial charge in [-0.2, -0.15) is 0 Å². The largest absolute Gasteiger partial charge is 0.457 e. The number of nitrogens with one attached hydrogen (secondary N) is 4. The molecule has 4 saturated heterocycles. The number of nitrogens with zero attached hydrogens (tertiary/aromatic N) is 7. The second-order valence-electron chi connectivity index (χ2n) is 26.9. The van der Waals surface area contributed by atoms with E-state index in [1.54, 1.807) is 19.1 Å². The van der Waals surface area contributed by atoms with Gasteiger partial charge in [-0.15, -0.1) is 35.3 Å². The molecule has 91 heavy (non-hydrogen) atoms. The van der Waals surface area contributed by atoms with Gasteiger partial charge < -0.3 is 45.8 Å². The van der Waals surface area contributed by atoms with Crippen molar-refractivity contribution in [1.29, 1.82) is 0 Å². The number of imide groups is 1. The highest BCUT2D eigenvalue weighted by atomic mass is 32.2. The molecule has 0 aromatic rings. The number of ketones is 3. The van der Waals surface area contributed by atoms with Crippen LogP contribution in [0.1, 0.15) is 165 Å². The molecule has 3 amide bonds. The number of aliphatic imine (C=N–C) groups is 3. The van der Waals surface area contributed by atoms with Crippen LogP contribution in [0.5, 0.6) is 0 Å². The van der Waals surface area contributed by atoms with Gasteiger partial charge in [0.1, 0.15) is 22.6 Å². The minimum absolute atomic E-state index is 0.0471. The fourth-order valence-electron chi connectivity index (χ4n) is 14.0. The summed E-state index contributed by atoms with van der Waals surface area (Å²) in [4.78, 5) is 117. The molecule has 0 aromatic carbocycles. The van der Waals surface area contributed by atoms with Crippen molar-refractivity contribution in [2.24, 2.45) is 38.6 Å². The van der Waals surface area contributed by atoms with Crippen molar-refractivity contribution in [2.75, 3.05) is 63.1 Å². The zero-order chi connectivity index (χ0) is 64.9. The SMILES string of the molecule is CC[C@H]1CCN2CC[C@H](CSC3CCN4CC[C@H](CSC5CCN6CC[C@H](CSC7CC(=O)N(CCCC(=O)CCCCCC8=C9C[C@@H](C)C[C@H](C)[C@H](O)[C@@H](C)/C=C(\C)[C@H](OC(C)=O)[C@@H](C)/C=C\C=C(/C)C(=O)NC(=CC8=O)C9=O)C7=O)NC6=N5)NC4=N3)NC2=N1. The average molecular weight is 1310 g/mol. The average Bonchev–Trinajstić information content (AvgIpc) is 2.77. The Labute approximate surface area is 552 Å². The molecule has 1 aliphatic carbocycles. The Balaban J connectivity index is 0.681. The first-order valence-electron chi connectivity index (χ1n) is 33.9. The summed E-state index contributed by atoms with van der Waals surface area (Å²) in [6.45, 7) is 21.2. The molecule has 9 aliphatic rings. The Morgan fingerprint density at radius 1 is 0.714 bits per heavy atom. The van der Waals surface area contributed by atoms with Crippen molar-refractivity contribution in [3.63, 3.8) is 0 Å². The highest BCUT2D eigenvalue weighted by molar-refractivity contribution is 8.00. The molecule has 0 aromatic heterocycles. The number of hydrogen-bond acceptors (Lipinski definition) is 21. The van der Waals surface area contributed by atoms with Crippen LogP contribution in [-0.4, -0.2) is 199 Å². The van der Waals surface area contributed by atoms with Gasteiger partial charge in [0.15, 0.2) is 23.7 Å². The zero-order valence-electron chi connectivity index (χ0n) is 55.1. The van der Waals surface area contributed by atoms with Crippen LogP contribution in [0.25, 0.3) is 0 Å². The zero-order valence-corrected chi connectivity index (χ0v) is 57.5. The van der Waals surface area contributed by atoms with E-state index < -0.39 is 35.1 Å². The number of esters is 1. The number of aliphatic hydroxyl groups excluding tert-OH is 1. The number of carbonyl (C=O) groups excluding carboxylic acids is 7. The van der Waals surface area contributed by atoms with Gasteiger partial charge in [0.25, 0.3) is 5.91 Å². The monoisotopic (exact) mass is 1310 g/mol. The van der Waals surface area contributed by atoms with Gasteiger partial charge in [0.05, 0.1) is 23.1 Å². The molecule has 500 valence electrons. The Bertz CT molecular complexity index is 2940. The highest BCUT2D eigenvalue weighted by Crippen LogP contribution is 2.35. The van der Waals surface area contributed by atoms with Crippen LogP contribution in [0, 0.1) is 23.7 Å². The molecule has 8 aliphatic heterocycles. The number of hydrogen-bond donors (Lipinski definition) is 5. The second-order valence-corrected chi connectivity index (χ2v) is 30.6. The first-order valence-corrected chi connectivity index (χ1v) is 37.1. The quantitative estimate of drug-likeness (QED) is 0.0241. The number of aliphatic hydroxyl groups is 1. The summed E-state index contributed by atoms with van der Waals surface area (Å²) in [6, 6.07) is 1.35. The van der Waals surface area contributed by atoms with Crippen molar-refractivity contribution < 1.29 is 43.4 Å². The maximum absolute atomic E-state index is 14.2. The summed E-state index contributed by atoms with van der Waals surface area (Å²) in [5, 5.41) is 25.4. The van der Waals surface area contributed by atoms with Gasteiger partial charge in [0, 0.05) is 142 Å². The number of Topliss-reactive ketones (excluding diaryl/α,β-unsaturated/α-hetero) is 2. The Morgan fingerprint density at radius 2 is 1.30 bits per heavy atom. The number of guanidine groups is 3. The number of ether oxygens (including phenoxy) is 1. The Morgan fingerprint density at radius 3 is 1.91 bits per heavy atom. The van der Waals surface area contributed by atoms with E-state index in [9.17, 15) is 38.7 Å². The van der Waals surface area contributed by atoms with Crippen LogP contribution < -0.4 is 21.3 Å². The van der Waals surface area contributed by atoms with E-state index in [4.69, 9.17) is 19.7 Å². The molecule has 20 nitrogen and oxygen atoms in total. The Kier molecular flexibility index (Phi) is 25.5. The van der Waals surface area contributed by atoms with E-state index in [2.05, 4.69) is 42.9 Å². The summed E-state index contributed by atoms with van der Waals surface area (Å²) in [5.41, 5.74) is 1.80. The van der Waals surface area contributed by atoms with Gasteiger partial charge >= 0.3 is 5.97 Å². The molecular weight excluding hydrogens is 1210 g/mol. The van der Waals surface area contributed by atoms with Gasteiger partial charge in [0.2, 0.25) is 17.6 Å². The summed E-state index contributed by atoms with van der Waals surface area (Å²) in [7, 11) is 0. The summed E-state index contributed by atoms with van der Waals surface area (Å²) in [5.74, 6) is 2.94. The third kappa shape index (κ3) is 19.2. The van der Waals surface area contributed by atoms with Crippen LogP contribution in [-0.2, 0) is 38.3 Å². The molecule has 8 heterocycles. The van der Waals surface area contributed by atoms with E-state index in [0.717, 1.165) is 119 Å². The number of likely N-dealkylation sites (tertiary alicyclic amines) is 1. The van der Waals surface area contributed by atoms with Crippen LogP contribution >= 0.6 is 35.3 Å². The summed E-state index contributed by atoms with van der Waals surface area (Å²) >= 11 is 5.44. The van der Waals surface area contributed by atoms with Crippen molar-refractivity contribution in [3.05, 3.63) is 58.4 Å². The molecule has 13 atom stereocenters. The lowest BCUT2D eigenvalue weighted by Gasteiger charge is -2.41. The predicted molar refractivity (Wildman–Crippen MR) is 364 cm³/mol. The minimum Gasteiger partial charge on any atom is -0.457 e. The van der Waals surface area contributed by atoms with Gasteiger partial charge in [-0.25, -0.2) is 15.0 Å². The molecule has 0 spiro atoms. The molecule has 2 bridgehead atoms. The number of rotatable bonds is 21. The molecule has 3 unspecified atom stereocenters. The topological polar surface area (TPSA) is 247 Å². The smallest absolute Gasteiger partial charge is 0.303 e. The number of carbonyl (C=O) groups is 7. The normalized spacial score (nSPS) is 32.6.